The molecule has 0 unspecified atom stereocenters. The molecule has 0 aromatic rings. The van der Waals surface area contributed by atoms with Crippen molar-refractivity contribution in [2.45, 2.75) is 0 Å². The third-order valence-corrected chi connectivity index (χ3v) is 0.503. The third kappa shape index (κ3) is 0.959. The predicted molar refractivity (Wildman–Crippen MR) is 22.1 cm³/mol. The van der Waals surface area contributed by atoms with Crippen molar-refractivity contribution in [2.75, 3.05) is 0 Å². The van der Waals surface area contributed by atoms with Crippen LogP contribution >= 0.6 is 0 Å². The van der Waals surface area contributed by atoms with E-state index in [0.29, 0.717) is 0 Å². The van der Waals surface area contributed by atoms with Gasteiger partial charge in [-0.25, -0.2) is 4.79 Å². The zero-order valence-corrected chi connectivity index (χ0v) is 3.46. The van der Waals surface area contributed by atoms with Crippen LogP contribution in [0.25, 0.3) is 0 Å². The summed E-state index contributed by atoms with van der Waals surface area (Å²) in [6.07, 6.45) is 2.45. The Kier molecular flexibility index (Phi) is 1.02. The maximum Gasteiger partial charge on any atom is 0.659 e. The van der Waals surface area contributed by atoms with Crippen LogP contribution in [0.2, 0.25) is 0 Å². The fourth-order valence-electron chi connectivity index (χ4n) is 0.241. The number of carbonyl (C=O) groups is 1. The smallest absolute Gasteiger partial charge is 0.532 e. The lowest BCUT2D eigenvalue weighted by Crippen LogP contribution is -2.11. The average Bonchev–Trinajstić information content (AvgIpc) is 1.69. The minimum atomic E-state index is -0.397. The molecule has 0 bridgehead atoms. The van der Waals surface area contributed by atoms with Gasteiger partial charge in [0.15, 0.2) is 0 Å². The number of hydrogen-bond donors (Lipinski definition) is 0. The Balaban J connectivity index is 2.51. The molecule has 1 aliphatic rings. The fourth-order valence-corrected chi connectivity index (χ4v) is 0.241. The summed E-state index contributed by atoms with van der Waals surface area (Å²) in [5.41, 5.74) is 0. The van der Waals surface area contributed by atoms with E-state index in [2.05, 4.69) is 9.31 Å². The Hall–Kier alpha value is -0.925. The number of carbonyl (C=O) groups excluding carboxylic acids is 1. The second-order valence-corrected chi connectivity index (χ2v) is 0.972. The molecule has 1 aliphatic heterocycles. The molecule has 0 spiro atoms. The molecule has 0 atom stereocenters. The molecule has 3 nitrogen and oxygen atoms in total. The summed E-state index contributed by atoms with van der Waals surface area (Å²) in [6, 6.07) is 0. The molecular weight excluding hydrogens is 94.8 g/mol. The Morgan fingerprint density at radius 2 is 2.57 bits per heavy atom. The van der Waals surface area contributed by atoms with Gasteiger partial charge in [0, 0.05) is 0 Å². The van der Waals surface area contributed by atoms with Crippen LogP contribution in [0.5, 0.6) is 0 Å². The zero-order chi connectivity index (χ0) is 5.11. The Morgan fingerprint density at radius 1 is 1.71 bits per heavy atom. The van der Waals surface area contributed by atoms with Crippen molar-refractivity contribution in [1.82, 2.24) is 0 Å². The largest absolute Gasteiger partial charge is 0.659 e. The van der Waals surface area contributed by atoms with Gasteiger partial charge in [-0.3, -0.25) is 0 Å². The first-order valence-corrected chi connectivity index (χ1v) is 1.74. The topological polar surface area (TPSA) is 35.5 Å². The van der Waals surface area contributed by atoms with E-state index in [1.807, 2.05) is 0 Å². The number of rotatable bonds is 0. The maximum atomic E-state index is 10.0. The van der Waals surface area contributed by atoms with Crippen molar-refractivity contribution in [3.8, 4) is 0 Å². The summed E-state index contributed by atoms with van der Waals surface area (Å²) in [5.74, 6) is -0.397. The van der Waals surface area contributed by atoms with Crippen LogP contribution in [0.1, 0.15) is 0 Å². The van der Waals surface area contributed by atoms with Crippen LogP contribution in [-0.2, 0) is 14.1 Å². The van der Waals surface area contributed by atoms with E-state index in [1.165, 1.54) is 12.3 Å². The average molecular weight is 96.9 g/mol. The molecule has 0 fully saturated rings. The molecule has 0 amide bonds. The molecule has 1 rings (SSSR count). The van der Waals surface area contributed by atoms with E-state index in [9.17, 15) is 4.79 Å². The van der Waals surface area contributed by atoms with Crippen molar-refractivity contribution >= 4 is 13.7 Å². The summed E-state index contributed by atoms with van der Waals surface area (Å²) in [5, 5.41) is 0. The molecule has 0 aliphatic carbocycles. The molecule has 0 aromatic heterocycles. The summed E-state index contributed by atoms with van der Waals surface area (Å²) >= 11 is 0. The monoisotopic (exact) mass is 97.0 g/mol. The lowest BCUT2D eigenvalue weighted by molar-refractivity contribution is -0.130. The lowest BCUT2D eigenvalue weighted by atomic mass is 10.3. The van der Waals surface area contributed by atoms with Crippen molar-refractivity contribution in [2.24, 2.45) is 0 Å². The summed E-state index contributed by atoms with van der Waals surface area (Å²) in [7, 11) is 0.975. The van der Waals surface area contributed by atoms with Gasteiger partial charge in [-0.05, 0) is 0 Å². The van der Waals surface area contributed by atoms with Gasteiger partial charge in [-0.2, -0.15) is 0 Å². The normalized spacial score (nSPS) is 16.9. The van der Waals surface area contributed by atoms with Crippen LogP contribution in [0.3, 0.4) is 0 Å². The molecule has 1 radical (unpaired) electrons. The summed E-state index contributed by atoms with van der Waals surface area (Å²) in [4.78, 5) is 10.0. The zero-order valence-electron chi connectivity index (χ0n) is 3.46. The quantitative estimate of drug-likeness (QED) is 0.386. The van der Waals surface area contributed by atoms with Gasteiger partial charge in [0.25, 0.3) is 0 Å². The van der Waals surface area contributed by atoms with Crippen LogP contribution in [0.15, 0.2) is 12.3 Å². The minimum absolute atomic E-state index is 0.397. The molecule has 0 N–H and O–H groups in total. The van der Waals surface area contributed by atoms with Gasteiger partial charge in [0.2, 0.25) is 0 Å². The van der Waals surface area contributed by atoms with Gasteiger partial charge in [0.05, 0.1) is 12.3 Å². The van der Waals surface area contributed by atoms with E-state index >= 15 is 0 Å². The van der Waals surface area contributed by atoms with Crippen LogP contribution in [0, 0.1) is 0 Å². The van der Waals surface area contributed by atoms with Gasteiger partial charge in [0.1, 0.15) is 0 Å². The van der Waals surface area contributed by atoms with E-state index < -0.39 is 5.97 Å². The highest BCUT2D eigenvalue weighted by molar-refractivity contribution is 6.24. The fraction of sp³-hybridized carbons (Fsp3) is 0. The summed E-state index contributed by atoms with van der Waals surface area (Å²) in [6.45, 7) is 0. The predicted octanol–water partition coefficient (Wildman–Crippen LogP) is -0.392. The molecule has 7 heavy (non-hydrogen) atoms. The molecule has 0 saturated carbocycles. The summed E-state index contributed by atoms with van der Waals surface area (Å²) < 4.78 is 8.60. The minimum Gasteiger partial charge on any atom is -0.532 e. The highest BCUT2D eigenvalue weighted by Crippen LogP contribution is 1.87. The maximum absolute atomic E-state index is 10.0. The van der Waals surface area contributed by atoms with E-state index in [-0.39, 0.29) is 0 Å². The van der Waals surface area contributed by atoms with Crippen molar-refractivity contribution in [1.29, 1.82) is 0 Å². The van der Waals surface area contributed by atoms with Crippen LogP contribution < -0.4 is 0 Å². The first-order chi connectivity index (χ1) is 3.39. The van der Waals surface area contributed by atoms with Crippen molar-refractivity contribution in [3.05, 3.63) is 12.3 Å². The molecule has 1 heterocycles. The van der Waals surface area contributed by atoms with E-state index in [1.54, 1.807) is 0 Å². The van der Waals surface area contributed by atoms with Crippen LogP contribution in [0.4, 0.5) is 0 Å². The van der Waals surface area contributed by atoms with Gasteiger partial charge >= 0.3 is 13.7 Å². The van der Waals surface area contributed by atoms with Crippen molar-refractivity contribution < 1.29 is 14.1 Å². The Morgan fingerprint density at radius 3 is 2.86 bits per heavy atom. The standard InChI is InChI=1S/C3H2BO3/c5-3-1-2-6-4-7-3/h1-2H. The lowest BCUT2D eigenvalue weighted by Gasteiger charge is -2.01. The number of hydrogen-bond acceptors (Lipinski definition) is 3. The van der Waals surface area contributed by atoms with E-state index in [4.69, 9.17) is 0 Å². The van der Waals surface area contributed by atoms with Gasteiger partial charge in [-0.1, -0.05) is 0 Å². The molecule has 4 heteroatoms. The second kappa shape index (κ2) is 1.68. The first kappa shape index (κ1) is 4.24. The molecular formula is C3H2BO3. The molecule has 35 valence electrons. The van der Waals surface area contributed by atoms with E-state index in [0.717, 1.165) is 7.69 Å². The Labute approximate surface area is 41.2 Å². The molecule has 0 aromatic carbocycles. The second-order valence-electron chi connectivity index (χ2n) is 0.972. The highest BCUT2D eigenvalue weighted by atomic mass is 16.6. The highest BCUT2D eigenvalue weighted by Gasteiger charge is 2.04. The SMILES string of the molecule is O=C1C=CO[B]O1. The van der Waals surface area contributed by atoms with Gasteiger partial charge < -0.3 is 9.31 Å². The first-order valence-electron chi connectivity index (χ1n) is 1.74. The third-order valence-electron chi connectivity index (χ3n) is 0.503. The van der Waals surface area contributed by atoms with Gasteiger partial charge in [-0.15, -0.1) is 0 Å². The Bertz CT molecular complexity index is 109. The molecule has 0 saturated heterocycles. The van der Waals surface area contributed by atoms with Crippen LogP contribution in [-0.4, -0.2) is 13.7 Å². The van der Waals surface area contributed by atoms with Crippen molar-refractivity contribution in [3.63, 3.8) is 0 Å².